The zero-order chi connectivity index (χ0) is 19.3. The fourth-order valence-corrected chi connectivity index (χ4v) is 4.59. The number of para-hydroxylation sites is 1. The molecular weight excluding hydrogens is 371 g/mol. The fraction of sp³-hybridized carbons (Fsp3) is 0.316. The summed E-state index contributed by atoms with van der Waals surface area (Å²) in [5, 5.41) is 5.52. The minimum absolute atomic E-state index is 0.00540. The summed E-state index contributed by atoms with van der Waals surface area (Å²) < 4.78 is 43.0. The summed E-state index contributed by atoms with van der Waals surface area (Å²) in [6.45, 7) is 0.624. The molecule has 1 atom stereocenters. The number of benzene rings is 2. The first kappa shape index (κ1) is 19.2. The molecule has 0 aliphatic carbocycles. The number of sulfone groups is 1. The van der Waals surface area contributed by atoms with Crippen molar-refractivity contribution in [2.45, 2.75) is 23.8 Å². The lowest BCUT2D eigenvalue weighted by Gasteiger charge is -2.26. The van der Waals surface area contributed by atoms with E-state index in [-0.39, 0.29) is 35.1 Å². The van der Waals surface area contributed by atoms with E-state index in [9.17, 15) is 17.6 Å². The number of hydrogen-bond donors (Lipinski definition) is 2. The van der Waals surface area contributed by atoms with Gasteiger partial charge < -0.3 is 15.4 Å². The number of nitrogens with one attached hydrogen (secondary N) is 2. The number of amides is 2. The van der Waals surface area contributed by atoms with Crippen LogP contribution in [0.1, 0.15) is 24.4 Å². The van der Waals surface area contributed by atoms with Crippen molar-refractivity contribution in [2.24, 2.45) is 0 Å². The van der Waals surface area contributed by atoms with Gasteiger partial charge in [0.2, 0.25) is 0 Å². The molecule has 0 bridgehead atoms. The Morgan fingerprint density at radius 3 is 2.70 bits per heavy atom. The first-order chi connectivity index (χ1) is 13.0. The van der Waals surface area contributed by atoms with E-state index in [1.54, 1.807) is 42.5 Å². The van der Waals surface area contributed by atoms with Gasteiger partial charge in [0.05, 0.1) is 23.3 Å². The van der Waals surface area contributed by atoms with Crippen LogP contribution in [0, 0.1) is 5.82 Å². The Morgan fingerprint density at radius 2 is 1.89 bits per heavy atom. The van der Waals surface area contributed by atoms with Crippen LogP contribution in [-0.2, 0) is 9.84 Å². The van der Waals surface area contributed by atoms with Crippen LogP contribution >= 0.6 is 0 Å². The highest BCUT2D eigenvalue weighted by atomic mass is 32.2. The summed E-state index contributed by atoms with van der Waals surface area (Å²) in [7, 11) is -3.28. The third-order valence-electron chi connectivity index (χ3n) is 4.31. The molecule has 0 saturated carbocycles. The van der Waals surface area contributed by atoms with Gasteiger partial charge >= 0.3 is 6.03 Å². The van der Waals surface area contributed by atoms with Crippen molar-refractivity contribution in [3.63, 3.8) is 0 Å². The third-order valence-corrected chi connectivity index (χ3v) is 6.13. The van der Waals surface area contributed by atoms with Crippen molar-refractivity contribution < 1.29 is 22.3 Å². The molecule has 8 heteroatoms. The maximum absolute atomic E-state index is 13.4. The molecule has 2 aromatic rings. The number of urea groups is 1. The fourth-order valence-electron chi connectivity index (χ4n) is 2.97. The van der Waals surface area contributed by atoms with Gasteiger partial charge in [-0.1, -0.05) is 30.3 Å². The second-order valence-corrected chi connectivity index (χ2v) is 8.31. The van der Waals surface area contributed by atoms with Crippen LogP contribution in [0.2, 0.25) is 0 Å². The molecule has 0 aromatic heterocycles. The average molecular weight is 392 g/mol. The van der Waals surface area contributed by atoms with Crippen molar-refractivity contribution >= 4 is 15.9 Å². The molecule has 2 N–H and O–H groups in total. The molecule has 2 amide bonds. The molecule has 2 aromatic carbocycles. The van der Waals surface area contributed by atoms with Crippen molar-refractivity contribution in [1.29, 1.82) is 0 Å². The highest BCUT2D eigenvalue weighted by molar-refractivity contribution is 7.91. The maximum atomic E-state index is 13.4. The van der Waals surface area contributed by atoms with Crippen LogP contribution in [0.5, 0.6) is 5.75 Å². The zero-order valence-corrected chi connectivity index (χ0v) is 15.5. The number of halogens is 1. The van der Waals surface area contributed by atoms with Crippen molar-refractivity contribution in [3.8, 4) is 5.75 Å². The zero-order valence-electron chi connectivity index (χ0n) is 14.7. The summed E-state index contributed by atoms with van der Waals surface area (Å²) in [5.41, 5.74) is 0.613. The lowest BCUT2D eigenvalue weighted by atomic mass is 10.0. The lowest BCUT2D eigenvalue weighted by Crippen LogP contribution is -2.40. The summed E-state index contributed by atoms with van der Waals surface area (Å²) in [6.07, 6.45) is 0.848. The normalized spacial score (nSPS) is 17.6. The first-order valence-corrected chi connectivity index (χ1v) is 10.4. The van der Waals surface area contributed by atoms with Gasteiger partial charge in [-0.05, 0) is 36.6 Å². The van der Waals surface area contributed by atoms with E-state index in [4.69, 9.17) is 4.74 Å². The van der Waals surface area contributed by atoms with Crippen LogP contribution < -0.4 is 15.4 Å². The second kappa shape index (κ2) is 8.39. The van der Waals surface area contributed by atoms with Gasteiger partial charge in [-0.25, -0.2) is 17.6 Å². The minimum Gasteiger partial charge on any atom is -0.490 e. The number of rotatable bonds is 6. The number of carbonyl (C=O) groups excluding carboxylic acids is 1. The van der Waals surface area contributed by atoms with E-state index >= 15 is 0 Å². The number of fused-ring (bicyclic) bond motifs is 1. The van der Waals surface area contributed by atoms with E-state index in [0.29, 0.717) is 24.9 Å². The summed E-state index contributed by atoms with van der Waals surface area (Å²) in [5.74, 6) is -0.234. The third kappa shape index (κ3) is 4.77. The van der Waals surface area contributed by atoms with Crippen LogP contribution in [0.4, 0.5) is 9.18 Å². The number of hydrogen-bond acceptors (Lipinski definition) is 4. The molecule has 1 heterocycles. The molecule has 0 radical (unpaired) electrons. The van der Waals surface area contributed by atoms with E-state index in [0.717, 1.165) is 0 Å². The minimum atomic E-state index is -3.28. The molecule has 144 valence electrons. The Kier molecular flexibility index (Phi) is 5.95. The largest absolute Gasteiger partial charge is 0.490 e. The van der Waals surface area contributed by atoms with Crippen molar-refractivity contribution in [3.05, 3.63) is 59.9 Å². The van der Waals surface area contributed by atoms with Gasteiger partial charge in [-0.15, -0.1) is 0 Å². The van der Waals surface area contributed by atoms with E-state index < -0.39 is 15.7 Å². The monoisotopic (exact) mass is 392 g/mol. The topological polar surface area (TPSA) is 84.5 Å². The molecule has 27 heavy (non-hydrogen) atoms. The predicted molar refractivity (Wildman–Crippen MR) is 98.9 cm³/mol. The first-order valence-electron chi connectivity index (χ1n) is 8.71. The Morgan fingerprint density at radius 1 is 1.15 bits per heavy atom. The molecule has 0 spiro atoms. The molecule has 1 aliphatic rings. The van der Waals surface area contributed by atoms with E-state index in [1.807, 2.05) is 0 Å². The molecule has 0 fully saturated rings. The van der Waals surface area contributed by atoms with Crippen molar-refractivity contribution in [2.75, 3.05) is 18.9 Å². The standard InChI is InChI=1S/C19H21FN2O4S/c20-15-7-2-3-8-17(15)26-12-5-11-21-19(23)22-16-10-13-27(24,25)18-9-4-1-6-14(16)18/h1-4,6-9,16H,5,10-13H2,(H2,21,22,23). The Labute approximate surface area is 157 Å². The van der Waals surface area contributed by atoms with E-state index in [2.05, 4.69) is 10.6 Å². The number of ether oxygens (including phenoxy) is 1. The quantitative estimate of drug-likeness (QED) is 0.741. The summed E-state index contributed by atoms with van der Waals surface area (Å²) in [4.78, 5) is 12.4. The Hall–Kier alpha value is -2.61. The molecule has 3 rings (SSSR count). The van der Waals surface area contributed by atoms with Gasteiger partial charge in [0.15, 0.2) is 21.4 Å². The SMILES string of the molecule is O=C(NCCCOc1ccccc1F)NC1CCS(=O)(=O)c2ccccc21. The highest BCUT2D eigenvalue weighted by Crippen LogP contribution is 2.31. The van der Waals surface area contributed by atoms with Crippen LogP contribution in [0.3, 0.4) is 0 Å². The average Bonchev–Trinajstić information content (AvgIpc) is 2.65. The summed E-state index contributed by atoms with van der Waals surface area (Å²) >= 11 is 0. The molecular formula is C19H21FN2O4S. The van der Waals surface area contributed by atoms with E-state index in [1.165, 1.54) is 6.07 Å². The van der Waals surface area contributed by atoms with Gasteiger partial charge in [-0.3, -0.25) is 0 Å². The lowest BCUT2D eigenvalue weighted by molar-refractivity contribution is 0.234. The highest BCUT2D eigenvalue weighted by Gasteiger charge is 2.30. The molecule has 1 unspecified atom stereocenters. The maximum Gasteiger partial charge on any atom is 0.315 e. The van der Waals surface area contributed by atoms with Gasteiger partial charge in [-0.2, -0.15) is 0 Å². The molecule has 1 aliphatic heterocycles. The van der Waals surface area contributed by atoms with Crippen LogP contribution in [0.15, 0.2) is 53.4 Å². The van der Waals surface area contributed by atoms with Crippen molar-refractivity contribution in [1.82, 2.24) is 10.6 Å². The van der Waals surface area contributed by atoms with Gasteiger partial charge in [0.1, 0.15) is 0 Å². The summed E-state index contributed by atoms with van der Waals surface area (Å²) in [6, 6.07) is 12.1. The molecule has 0 saturated heterocycles. The number of carbonyl (C=O) groups is 1. The van der Waals surface area contributed by atoms with Crippen LogP contribution in [0.25, 0.3) is 0 Å². The smallest absolute Gasteiger partial charge is 0.315 e. The van der Waals surface area contributed by atoms with Gasteiger partial charge in [0.25, 0.3) is 0 Å². The second-order valence-electron chi connectivity index (χ2n) is 6.23. The molecule has 6 nitrogen and oxygen atoms in total. The van der Waals surface area contributed by atoms with Gasteiger partial charge in [0, 0.05) is 6.54 Å². The van der Waals surface area contributed by atoms with Crippen LogP contribution in [-0.4, -0.2) is 33.4 Å². The Balaban J connectivity index is 1.45. The Bertz CT molecular complexity index is 917. The predicted octanol–water partition coefficient (Wildman–Crippen LogP) is 2.81.